The first kappa shape index (κ1) is 17.6. The molecular weight excluding hydrogens is 356 g/mol. The highest BCUT2D eigenvalue weighted by atomic mass is 35.5. The van der Waals surface area contributed by atoms with Crippen LogP contribution in [-0.4, -0.2) is 14.6 Å². The lowest BCUT2D eigenvalue weighted by atomic mass is 10.1. The van der Waals surface area contributed by atoms with Crippen molar-refractivity contribution >= 4 is 28.8 Å². The molecule has 2 aromatic heterocycles. The van der Waals surface area contributed by atoms with Gasteiger partial charge in [-0.3, -0.25) is 0 Å². The molecule has 4 aromatic rings. The van der Waals surface area contributed by atoms with Crippen molar-refractivity contribution in [2.45, 2.75) is 26.7 Å². The number of benzene rings is 2. The summed E-state index contributed by atoms with van der Waals surface area (Å²) in [6.45, 7) is 4.19. The Hall–Kier alpha value is -2.85. The SMILES string of the molecule is CCCc1cc(Nc2ccc(Cl)cc2)n2nc(C)c(-c3ccccc3)c2n1. The van der Waals surface area contributed by atoms with Gasteiger partial charge in [-0.1, -0.05) is 55.3 Å². The van der Waals surface area contributed by atoms with Gasteiger partial charge in [0.2, 0.25) is 0 Å². The summed E-state index contributed by atoms with van der Waals surface area (Å²) in [6.07, 6.45) is 1.96. The summed E-state index contributed by atoms with van der Waals surface area (Å²) in [5.41, 5.74) is 6.06. The summed E-state index contributed by atoms with van der Waals surface area (Å²) >= 11 is 6.01. The highest BCUT2D eigenvalue weighted by molar-refractivity contribution is 6.30. The maximum atomic E-state index is 6.01. The number of aromatic nitrogens is 3. The Morgan fingerprint density at radius 2 is 1.78 bits per heavy atom. The third-order valence-electron chi connectivity index (χ3n) is 4.50. The molecule has 0 amide bonds. The van der Waals surface area contributed by atoms with Crippen molar-refractivity contribution in [3.05, 3.63) is 77.1 Å². The fraction of sp³-hybridized carbons (Fsp3) is 0.182. The van der Waals surface area contributed by atoms with E-state index in [9.17, 15) is 0 Å². The van der Waals surface area contributed by atoms with Crippen LogP contribution in [0.4, 0.5) is 11.5 Å². The molecule has 0 saturated carbocycles. The van der Waals surface area contributed by atoms with Crippen LogP contribution in [0.3, 0.4) is 0 Å². The van der Waals surface area contributed by atoms with Gasteiger partial charge in [0.15, 0.2) is 5.65 Å². The minimum Gasteiger partial charge on any atom is -0.340 e. The molecule has 4 nitrogen and oxygen atoms in total. The molecular formula is C22H21ClN4. The Labute approximate surface area is 163 Å². The summed E-state index contributed by atoms with van der Waals surface area (Å²) in [5.74, 6) is 0.899. The number of fused-ring (bicyclic) bond motifs is 1. The highest BCUT2D eigenvalue weighted by Gasteiger charge is 2.16. The molecule has 0 aliphatic heterocycles. The van der Waals surface area contributed by atoms with Crippen LogP contribution in [0.25, 0.3) is 16.8 Å². The van der Waals surface area contributed by atoms with Gasteiger partial charge >= 0.3 is 0 Å². The average Bonchev–Trinajstić information content (AvgIpc) is 3.01. The highest BCUT2D eigenvalue weighted by Crippen LogP contribution is 2.30. The van der Waals surface area contributed by atoms with Crippen LogP contribution in [0, 0.1) is 6.92 Å². The van der Waals surface area contributed by atoms with Gasteiger partial charge in [-0.25, -0.2) is 4.98 Å². The predicted octanol–water partition coefficient (Wildman–Crippen LogP) is 6.05. The van der Waals surface area contributed by atoms with E-state index in [1.807, 2.05) is 53.9 Å². The number of aryl methyl sites for hydroxylation is 2. The maximum Gasteiger partial charge on any atom is 0.165 e. The van der Waals surface area contributed by atoms with E-state index in [2.05, 4.69) is 30.4 Å². The molecule has 136 valence electrons. The van der Waals surface area contributed by atoms with Crippen molar-refractivity contribution < 1.29 is 0 Å². The lowest BCUT2D eigenvalue weighted by Crippen LogP contribution is -2.04. The van der Waals surface area contributed by atoms with Crippen LogP contribution in [0.5, 0.6) is 0 Å². The number of rotatable bonds is 5. The molecule has 0 bridgehead atoms. The standard InChI is InChI=1S/C22H21ClN4/c1-3-7-19-14-20(24-18-12-10-17(23)11-13-18)27-22(25-19)21(15(2)26-27)16-8-5-4-6-9-16/h4-6,8-14,24H,3,7H2,1-2H3. The van der Waals surface area contributed by atoms with Gasteiger partial charge in [-0.2, -0.15) is 9.61 Å². The van der Waals surface area contributed by atoms with E-state index in [4.69, 9.17) is 21.7 Å². The molecule has 0 spiro atoms. The lowest BCUT2D eigenvalue weighted by molar-refractivity contribution is 0.858. The van der Waals surface area contributed by atoms with Crippen LogP contribution in [-0.2, 0) is 6.42 Å². The van der Waals surface area contributed by atoms with Crippen LogP contribution in [0.2, 0.25) is 5.02 Å². The van der Waals surface area contributed by atoms with E-state index >= 15 is 0 Å². The molecule has 2 aromatic carbocycles. The third kappa shape index (κ3) is 3.53. The van der Waals surface area contributed by atoms with Crippen molar-refractivity contribution in [2.75, 3.05) is 5.32 Å². The number of nitrogens with one attached hydrogen (secondary N) is 1. The Kier molecular flexibility index (Phi) is 4.82. The first-order valence-corrected chi connectivity index (χ1v) is 9.51. The minimum atomic E-state index is 0.716. The van der Waals surface area contributed by atoms with Gasteiger partial charge in [0.1, 0.15) is 5.82 Å². The van der Waals surface area contributed by atoms with Crippen LogP contribution < -0.4 is 5.32 Å². The van der Waals surface area contributed by atoms with E-state index in [1.54, 1.807) is 0 Å². The molecule has 0 atom stereocenters. The molecule has 27 heavy (non-hydrogen) atoms. The zero-order valence-electron chi connectivity index (χ0n) is 15.4. The fourth-order valence-corrected chi connectivity index (χ4v) is 3.40. The molecule has 0 radical (unpaired) electrons. The minimum absolute atomic E-state index is 0.716. The zero-order valence-corrected chi connectivity index (χ0v) is 16.2. The second kappa shape index (κ2) is 7.41. The van der Waals surface area contributed by atoms with E-state index in [1.165, 1.54) is 0 Å². The molecule has 0 aliphatic carbocycles. The molecule has 1 N–H and O–H groups in total. The van der Waals surface area contributed by atoms with E-state index in [0.717, 1.165) is 52.5 Å². The van der Waals surface area contributed by atoms with Crippen molar-refractivity contribution in [3.8, 4) is 11.1 Å². The third-order valence-corrected chi connectivity index (χ3v) is 4.75. The van der Waals surface area contributed by atoms with Crippen LogP contribution in [0.15, 0.2) is 60.7 Å². The van der Waals surface area contributed by atoms with Crippen molar-refractivity contribution in [2.24, 2.45) is 0 Å². The molecule has 0 fully saturated rings. The van der Waals surface area contributed by atoms with Crippen LogP contribution in [0.1, 0.15) is 24.7 Å². The van der Waals surface area contributed by atoms with Crippen molar-refractivity contribution in [1.82, 2.24) is 14.6 Å². The van der Waals surface area contributed by atoms with Gasteiger partial charge < -0.3 is 5.32 Å². The van der Waals surface area contributed by atoms with Crippen LogP contribution >= 0.6 is 11.6 Å². The number of hydrogen-bond acceptors (Lipinski definition) is 3. The summed E-state index contributed by atoms with van der Waals surface area (Å²) in [5, 5.41) is 8.95. The largest absolute Gasteiger partial charge is 0.340 e. The first-order chi connectivity index (χ1) is 13.2. The quantitative estimate of drug-likeness (QED) is 0.460. The molecule has 5 heteroatoms. The summed E-state index contributed by atoms with van der Waals surface area (Å²) in [4.78, 5) is 4.92. The molecule has 2 heterocycles. The molecule has 0 unspecified atom stereocenters. The van der Waals surface area contributed by atoms with E-state index in [0.29, 0.717) is 5.02 Å². The van der Waals surface area contributed by atoms with Crippen molar-refractivity contribution in [3.63, 3.8) is 0 Å². The smallest absolute Gasteiger partial charge is 0.165 e. The van der Waals surface area contributed by atoms with E-state index in [-0.39, 0.29) is 0 Å². The number of nitrogens with zero attached hydrogens (tertiary/aromatic N) is 3. The Balaban J connectivity index is 1.89. The first-order valence-electron chi connectivity index (χ1n) is 9.13. The Morgan fingerprint density at radius 1 is 1.04 bits per heavy atom. The summed E-state index contributed by atoms with van der Waals surface area (Å²) in [7, 11) is 0. The number of anilines is 2. The second-order valence-electron chi connectivity index (χ2n) is 6.58. The number of hydrogen-bond donors (Lipinski definition) is 1. The van der Waals surface area contributed by atoms with E-state index < -0.39 is 0 Å². The number of halogens is 1. The van der Waals surface area contributed by atoms with Gasteiger partial charge in [0, 0.05) is 28.0 Å². The molecule has 0 saturated heterocycles. The monoisotopic (exact) mass is 376 g/mol. The Bertz CT molecular complexity index is 1070. The topological polar surface area (TPSA) is 42.2 Å². The van der Waals surface area contributed by atoms with Crippen molar-refractivity contribution in [1.29, 1.82) is 0 Å². The zero-order chi connectivity index (χ0) is 18.8. The fourth-order valence-electron chi connectivity index (χ4n) is 3.27. The molecule has 4 rings (SSSR count). The normalized spacial score (nSPS) is 11.1. The molecule has 0 aliphatic rings. The lowest BCUT2D eigenvalue weighted by Gasteiger charge is -2.11. The Morgan fingerprint density at radius 3 is 2.48 bits per heavy atom. The predicted molar refractivity (Wildman–Crippen MR) is 112 cm³/mol. The maximum absolute atomic E-state index is 6.01. The average molecular weight is 377 g/mol. The second-order valence-corrected chi connectivity index (χ2v) is 7.01. The summed E-state index contributed by atoms with van der Waals surface area (Å²) < 4.78 is 1.89. The van der Waals surface area contributed by atoms with Gasteiger partial charge in [0.25, 0.3) is 0 Å². The van der Waals surface area contributed by atoms with Gasteiger partial charge in [0.05, 0.1) is 5.69 Å². The van der Waals surface area contributed by atoms with Gasteiger partial charge in [-0.05, 0) is 43.2 Å². The van der Waals surface area contributed by atoms with Gasteiger partial charge in [-0.15, -0.1) is 0 Å². The summed E-state index contributed by atoms with van der Waals surface area (Å²) in [6, 6.07) is 20.1.